The van der Waals surface area contributed by atoms with Crippen molar-refractivity contribution in [3.8, 4) is 0 Å². The summed E-state index contributed by atoms with van der Waals surface area (Å²) < 4.78 is 66.6. The highest BCUT2D eigenvalue weighted by Gasteiger charge is 2.56. The fraction of sp³-hybridized carbons (Fsp3) is 0.577. The molecule has 0 radical (unpaired) electrons. The second-order valence-electron chi connectivity index (χ2n) is 10.1. The van der Waals surface area contributed by atoms with Crippen molar-refractivity contribution in [2.75, 3.05) is 4.90 Å². The normalized spacial score (nSPS) is 23.6. The van der Waals surface area contributed by atoms with E-state index in [0.717, 1.165) is 42.6 Å². The van der Waals surface area contributed by atoms with Crippen LogP contribution in [-0.2, 0) is 40.9 Å². The van der Waals surface area contributed by atoms with Gasteiger partial charge in [-0.05, 0) is 63.0 Å². The molecule has 5 nitrogen and oxygen atoms in total. The second kappa shape index (κ2) is 9.27. The predicted molar refractivity (Wildman–Crippen MR) is 122 cm³/mol. The van der Waals surface area contributed by atoms with E-state index in [4.69, 9.17) is 4.98 Å². The molecule has 0 bridgehead atoms. The first-order chi connectivity index (χ1) is 17.1. The number of amides is 1. The highest BCUT2D eigenvalue weighted by Crippen LogP contribution is 2.53. The van der Waals surface area contributed by atoms with E-state index >= 15 is 0 Å². The Morgan fingerprint density at radius 2 is 1.92 bits per heavy atom. The number of aryl methyl sites for hydroxylation is 1. The third-order valence-electron chi connectivity index (χ3n) is 7.95. The van der Waals surface area contributed by atoms with Gasteiger partial charge in [0.15, 0.2) is 0 Å². The minimum Gasteiger partial charge on any atom is -0.330 e. The Morgan fingerprint density at radius 1 is 1.17 bits per heavy atom. The first-order valence-corrected chi connectivity index (χ1v) is 12.5. The number of carbonyl (C=O) groups excluding carboxylic acids is 2. The lowest BCUT2D eigenvalue weighted by Crippen LogP contribution is -2.39. The van der Waals surface area contributed by atoms with Crippen LogP contribution in [0.3, 0.4) is 0 Å². The second-order valence-corrected chi connectivity index (χ2v) is 10.1. The van der Waals surface area contributed by atoms with Crippen molar-refractivity contribution in [2.45, 2.75) is 88.9 Å². The molecule has 10 heteroatoms. The van der Waals surface area contributed by atoms with Gasteiger partial charge >= 0.3 is 6.18 Å². The molecule has 1 fully saturated rings. The summed E-state index contributed by atoms with van der Waals surface area (Å²) in [5, 5.41) is 0. The number of nitrogens with zero attached hydrogens (tertiary/aromatic N) is 3. The molecule has 3 aliphatic rings. The van der Waals surface area contributed by atoms with Crippen LogP contribution in [0.4, 0.5) is 27.6 Å². The lowest BCUT2D eigenvalue weighted by Gasteiger charge is -2.24. The van der Waals surface area contributed by atoms with Crippen LogP contribution in [-0.4, -0.2) is 33.8 Å². The topological polar surface area (TPSA) is 55.2 Å². The molecule has 1 spiro atoms. The minimum absolute atomic E-state index is 0.0407. The zero-order valence-electron chi connectivity index (χ0n) is 19.8. The summed E-state index contributed by atoms with van der Waals surface area (Å²) in [4.78, 5) is 32.2. The van der Waals surface area contributed by atoms with E-state index in [0.29, 0.717) is 17.9 Å². The molecule has 2 atom stereocenters. The molecule has 2 aromatic rings. The fourth-order valence-corrected chi connectivity index (χ4v) is 6.28. The smallest absolute Gasteiger partial charge is 0.330 e. The maximum Gasteiger partial charge on any atom is 0.389 e. The number of rotatable bonds is 7. The molecule has 36 heavy (non-hydrogen) atoms. The van der Waals surface area contributed by atoms with Crippen LogP contribution in [0.5, 0.6) is 0 Å². The number of halogens is 5. The highest BCUT2D eigenvalue weighted by atomic mass is 19.4. The van der Waals surface area contributed by atoms with Crippen molar-refractivity contribution in [1.82, 2.24) is 9.55 Å². The van der Waals surface area contributed by atoms with Gasteiger partial charge in [-0.3, -0.25) is 9.59 Å². The number of imidazole rings is 1. The van der Waals surface area contributed by atoms with E-state index in [1.54, 1.807) is 23.1 Å². The molecule has 1 saturated carbocycles. The summed E-state index contributed by atoms with van der Waals surface area (Å²) in [5.74, 6) is -1.71. The fourth-order valence-electron chi connectivity index (χ4n) is 6.28. The van der Waals surface area contributed by atoms with Gasteiger partial charge in [0, 0.05) is 30.3 Å². The van der Waals surface area contributed by atoms with Gasteiger partial charge in [-0.25, -0.2) is 13.8 Å². The van der Waals surface area contributed by atoms with Crippen LogP contribution < -0.4 is 4.90 Å². The van der Waals surface area contributed by atoms with Gasteiger partial charge in [-0.2, -0.15) is 13.2 Å². The standard InChI is InChI=1S/C26H28F5N3O2/c27-23(28)22(35)16-10-12-25(14-16)17-6-1-3-8-19(17)34(24(25)36)15-21-32-18-7-2-4-9-20(18)33(21)13-5-11-26(29,30)31/h1,3,6,8,16,23H,2,4-5,7,9-15H2. The summed E-state index contributed by atoms with van der Waals surface area (Å²) in [6.07, 6.45) is -4.34. The van der Waals surface area contributed by atoms with Gasteiger partial charge < -0.3 is 9.47 Å². The van der Waals surface area contributed by atoms with E-state index in [2.05, 4.69) is 0 Å². The number of benzene rings is 1. The van der Waals surface area contributed by atoms with E-state index in [-0.39, 0.29) is 38.3 Å². The van der Waals surface area contributed by atoms with Gasteiger partial charge in [0.25, 0.3) is 6.43 Å². The van der Waals surface area contributed by atoms with Crippen molar-refractivity contribution in [1.29, 1.82) is 0 Å². The van der Waals surface area contributed by atoms with Gasteiger partial charge in [0.05, 0.1) is 17.7 Å². The number of ketones is 1. The number of alkyl halides is 5. The SMILES string of the molecule is O=C(C(F)F)C1CCC2(C1)C(=O)N(Cc1nc3c(n1CCCC(F)(F)F)CCCC3)c1ccccc12. The summed E-state index contributed by atoms with van der Waals surface area (Å²) in [5.41, 5.74) is 2.15. The zero-order chi connectivity index (χ0) is 25.7. The molecule has 2 heterocycles. The van der Waals surface area contributed by atoms with Crippen LogP contribution in [0.1, 0.15) is 67.7 Å². The van der Waals surface area contributed by atoms with Crippen molar-refractivity contribution in [3.05, 3.63) is 47.0 Å². The number of hydrogen-bond acceptors (Lipinski definition) is 3. The Labute approximate surface area is 205 Å². The quantitative estimate of drug-likeness (QED) is 0.462. The molecular weight excluding hydrogens is 481 g/mol. The Bertz CT molecular complexity index is 1170. The average Bonchev–Trinajstić information content (AvgIpc) is 3.49. The number of Topliss-reactive ketones (excluding diaryl/α,β-unsaturated/α-hetero) is 1. The maximum atomic E-state index is 13.9. The molecule has 1 aromatic heterocycles. The molecule has 1 aromatic carbocycles. The van der Waals surface area contributed by atoms with Gasteiger partial charge in [0.2, 0.25) is 11.7 Å². The van der Waals surface area contributed by atoms with E-state index in [9.17, 15) is 31.5 Å². The number of fused-ring (bicyclic) bond motifs is 3. The predicted octanol–water partition coefficient (Wildman–Crippen LogP) is 5.52. The molecule has 1 amide bonds. The maximum absolute atomic E-state index is 13.9. The lowest BCUT2D eigenvalue weighted by molar-refractivity contribution is -0.136. The van der Waals surface area contributed by atoms with Crippen molar-refractivity contribution in [3.63, 3.8) is 0 Å². The van der Waals surface area contributed by atoms with Crippen molar-refractivity contribution >= 4 is 17.4 Å². The number of carbonyl (C=O) groups is 2. The largest absolute Gasteiger partial charge is 0.389 e. The van der Waals surface area contributed by atoms with Gasteiger partial charge in [0.1, 0.15) is 5.82 Å². The lowest BCUT2D eigenvalue weighted by atomic mass is 9.79. The average molecular weight is 510 g/mol. The third-order valence-corrected chi connectivity index (χ3v) is 7.95. The number of aromatic nitrogens is 2. The number of hydrogen-bond donors (Lipinski definition) is 0. The molecule has 0 saturated heterocycles. The Kier molecular flexibility index (Phi) is 6.41. The van der Waals surface area contributed by atoms with E-state index in [1.165, 1.54) is 0 Å². The van der Waals surface area contributed by atoms with Crippen LogP contribution in [0, 0.1) is 5.92 Å². The molecule has 5 rings (SSSR count). The number of para-hydroxylation sites is 1. The Morgan fingerprint density at radius 3 is 2.67 bits per heavy atom. The zero-order valence-corrected chi connectivity index (χ0v) is 19.8. The van der Waals surface area contributed by atoms with Crippen molar-refractivity contribution in [2.24, 2.45) is 5.92 Å². The molecule has 2 aliphatic carbocycles. The van der Waals surface area contributed by atoms with Crippen LogP contribution in [0.15, 0.2) is 24.3 Å². The number of anilines is 1. The van der Waals surface area contributed by atoms with Crippen LogP contribution in [0.2, 0.25) is 0 Å². The third kappa shape index (κ3) is 4.32. The summed E-state index contributed by atoms with van der Waals surface area (Å²) in [6.45, 7) is 0.251. The van der Waals surface area contributed by atoms with Crippen molar-refractivity contribution < 1.29 is 31.5 Å². The summed E-state index contributed by atoms with van der Waals surface area (Å²) >= 11 is 0. The molecule has 194 valence electrons. The van der Waals surface area contributed by atoms with E-state index in [1.807, 2.05) is 10.6 Å². The Hall–Kier alpha value is -2.78. The molecule has 0 N–H and O–H groups in total. The molecule has 1 aliphatic heterocycles. The van der Waals surface area contributed by atoms with Crippen LogP contribution in [0.25, 0.3) is 0 Å². The van der Waals surface area contributed by atoms with Gasteiger partial charge in [-0.15, -0.1) is 0 Å². The summed E-state index contributed by atoms with van der Waals surface area (Å²) in [6, 6.07) is 7.18. The van der Waals surface area contributed by atoms with Crippen LogP contribution >= 0.6 is 0 Å². The minimum atomic E-state index is -4.24. The first kappa shape index (κ1) is 24.9. The highest BCUT2D eigenvalue weighted by molar-refractivity contribution is 6.08. The Balaban J connectivity index is 1.46. The molecular formula is C26H28F5N3O2. The summed E-state index contributed by atoms with van der Waals surface area (Å²) in [7, 11) is 0. The first-order valence-electron chi connectivity index (χ1n) is 12.5. The van der Waals surface area contributed by atoms with E-state index < -0.39 is 36.1 Å². The molecule has 2 unspecified atom stereocenters. The van der Waals surface area contributed by atoms with Gasteiger partial charge in [-0.1, -0.05) is 18.2 Å². The monoisotopic (exact) mass is 509 g/mol.